The molecule has 0 spiro atoms. The molecule has 0 bridgehead atoms. The van der Waals surface area contributed by atoms with Crippen LogP contribution in [-0.2, 0) is 16.4 Å². The zero-order chi connectivity index (χ0) is 24.4. The number of nitrogens with zero attached hydrogens (tertiary/aromatic N) is 1. The Balaban J connectivity index is 1.38. The number of aromatic nitrogens is 1. The summed E-state index contributed by atoms with van der Waals surface area (Å²) in [5, 5.41) is 10.5. The quantitative estimate of drug-likeness (QED) is 0.538. The average molecular weight is 493 g/mol. The van der Waals surface area contributed by atoms with Gasteiger partial charge in [0.25, 0.3) is 5.91 Å². The SMILES string of the molecule is O=C(NS(=O)(=O)C1CCCC1)c1ccccc1-c1ccc2c(c1)OCC(Cc1ccccn1)C2O. The number of nitrogens with one attached hydrogen (secondary N) is 1. The van der Waals surface area contributed by atoms with Crippen molar-refractivity contribution in [1.82, 2.24) is 9.71 Å². The van der Waals surface area contributed by atoms with E-state index in [0.717, 1.165) is 18.5 Å². The molecule has 1 saturated carbocycles. The number of pyridine rings is 1. The van der Waals surface area contributed by atoms with Gasteiger partial charge in [-0.1, -0.05) is 49.2 Å². The van der Waals surface area contributed by atoms with E-state index in [1.807, 2.05) is 30.3 Å². The van der Waals surface area contributed by atoms with E-state index in [9.17, 15) is 18.3 Å². The van der Waals surface area contributed by atoms with Gasteiger partial charge in [-0.3, -0.25) is 9.78 Å². The lowest BCUT2D eigenvalue weighted by Crippen LogP contribution is -2.37. The van der Waals surface area contributed by atoms with Gasteiger partial charge >= 0.3 is 0 Å². The first-order valence-electron chi connectivity index (χ1n) is 11.9. The van der Waals surface area contributed by atoms with E-state index in [2.05, 4.69) is 9.71 Å². The van der Waals surface area contributed by atoms with Gasteiger partial charge in [0.1, 0.15) is 5.75 Å². The third-order valence-corrected chi connectivity index (χ3v) is 8.71. The molecule has 35 heavy (non-hydrogen) atoms. The van der Waals surface area contributed by atoms with Gasteiger partial charge < -0.3 is 9.84 Å². The molecular formula is C27H28N2O5S. The van der Waals surface area contributed by atoms with Gasteiger partial charge in [-0.05, 0) is 54.7 Å². The number of ether oxygens (including phenoxy) is 1. The summed E-state index contributed by atoms with van der Waals surface area (Å²) < 4.78 is 33.6. The van der Waals surface area contributed by atoms with E-state index < -0.39 is 27.3 Å². The molecule has 3 aromatic rings. The number of sulfonamides is 1. The third kappa shape index (κ3) is 4.94. The highest BCUT2D eigenvalue weighted by Crippen LogP contribution is 2.39. The Morgan fingerprint density at radius 3 is 2.60 bits per heavy atom. The highest BCUT2D eigenvalue weighted by molar-refractivity contribution is 7.90. The number of benzene rings is 2. The fourth-order valence-corrected chi connectivity index (χ4v) is 6.46. The number of hydrogen-bond acceptors (Lipinski definition) is 6. The Morgan fingerprint density at radius 2 is 1.83 bits per heavy atom. The van der Waals surface area contributed by atoms with Gasteiger partial charge in [-0.2, -0.15) is 0 Å². The smallest absolute Gasteiger partial charge is 0.265 e. The standard InChI is InChI=1S/C27H28N2O5S/c30-26-19(15-20-7-5-6-14-28-20)17-34-25-16-18(12-13-24(25)26)22-10-3-4-11-23(22)27(31)29-35(32,33)21-8-1-2-9-21/h3-7,10-14,16,19,21,26,30H,1-2,8-9,15,17H2,(H,29,31). The molecule has 2 unspecified atom stereocenters. The van der Waals surface area contributed by atoms with Crippen LogP contribution in [0.5, 0.6) is 5.75 Å². The van der Waals surface area contributed by atoms with E-state index in [1.165, 1.54) is 0 Å². The van der Waals surface area contributed by atoms with Crippen LogP contribution in [0.4, 0.5) is 0 Å². The van der Waals surface area contributed by atoms with Crippen LogP contribution in [-0.4, -0.2) is 36.3 Å². The van der Waals surface area contributed by atoms with Crippen molar-refractivity contribution in [3.05, 3.63) is 83.7 Å². The molecule has 2 aromatic carbocycles. The van der Waals surface area contributed by atoms with Crippen molar-refractivity contribution in [1.29, 1.82) is 0 Å². The molecular weight excluding hydrogens is 464 g/mol. The molecule has 1 aromatic heterocycles. The van der Waals surface area contributed by atoms with Gasteiger partial charge in [-0.25, -0.2) is 13.1 Å². The summed E-state index contributed by atoms with van der Waals surface area (Å²) in [6.07, 6.45) is 4.51. The molecule has 1 aliphatic carbocycles. The molecule has 182 valence electrons. The average Bonchev–Trinajstić information content (AvgIpc) is 3.42. The molecule has 7 nitrogen and oxygen atoms in total. The van der Waals surface area contributed by atoms with Crippen LogP contribution in [0.3, 0.4) is 0 Å². The Morgan fingerprint density at radius 1 is 1.06 bits per heavy atom. The van der Waals surface area contributed by atoms with Gasteiger partial charge in [-0.15, -0.1) is 0 Å². The van der Waals surface area contributed by atoms with E-state index in [0.29, 0.717) is 48.3 Å². The Bertz CT molecular complexity index is 1320. The minimum atomic E-state index is -3.72. The number of carbonyl (C=O) groups is 1. The van der Waals surface area contributed by atoms with Crippen molar-refractivity contribution >= 4 is 15.9 Å². The van der Waals surface area contributed by atoms with Crippen LogP contribution in [0.15, 0.2) is 66.9 Å². The van der Waals surface area contributed by atoms with Gasteiger partial charge in [0.15, 0.2) is 0 Å². The number of amides is 1. The molecule has 1 amide bonds. The van der Waals surface area contributed by atoms with Crippen molar-refractivity contribution < 1.29 is 23.1 Å². The lowest BCUT2D eigenvalue weighted by atomic mass is 9.88. The fraction of sp³-hybridized carbons (Fsp3) is 0.333. The maximum absolute atomic E-state index is 13.0. The predicted molar refractivity (Wildman–Crippen MR) is 132 cm³/mol. The minimum absolute atomic E-state index is 0.123. The van der Waals surface area contributed by atoms with Crippen LogP contribution < -0.4 is 9.46 Å². The second kappa shape index (κ2) is 9.79. The Kier molecular flexibility index (Phi) is 6.58. The van der Waals surface area contributed by atoms with E-state index >= 15 is 0 Å². The van der Waals surface area contributed by atoms with E-state index in [1.54, 1.807) is 36.5 Å². The first-order chi connectivity index (χ1) is 16.9. The highest BCUT2D eigenvalue weighted by atomic mass is 32.2. The number of fused-ring (bicyclic) bond motifs is 1. The van der Waals surface area contributed by atoms with Crippen molar-refractivity contribution in [3.8, 4) is 16.9 Å². The third-order valence-electron chi connectivity index (χ3n) is 6.89. The summed E-state index contributed by atoms with van der Waals surface area (Å²) in [6.45, 7) is 0.343. The Labute approximate surface area is 205 Å². The van der Waals surface area contributed by atoms with E-state index in [-0.39, 0.29) is 11.5 Å². The largest absolute Gasteiger partial charge is 0.493 e. The summed E-state index contributed by atoms with van der Waals surface area (Å²) in [4.78, 5) is 17.3. The van der Waals surface area contributed by atoms with Crippen LogP contribution in [0.2, 0.25) is 0 Å². The van der Waals surface area contributed by atoms with E-state index in [4.69, 9.17) is 4.74 Å². The minimum Gasteiger partial charge on any atom is -0.493 e. The maximum Gasteiger partial charge on any atom is 0.265 e. The van der Waals surface area contributed by atoms with Gasteiger partial charge in [0.2, 0.25) is 10.0 Å². The fourth-order valence-electron chi connectivity index (χ4n) is 4.97. The van der Waals surface area contributed by atoms with Crippen LogP contribution in [0.25, 0.3) is 11.1 Å². The Hall–Kier alpha value is -3.23. The summed E-state index contributed by atoms with van der Waals surface area (Å²) in [5.41, 5.74) is 3.17. The topological polar surface area (TPSA) is 106 Å². The van der Waals surface area contributed by atoms with Crippen LogP contribution in [0, 0.1) is 5.92 Å². The first kappa shape index (κ1) is 23.5. The molecule has 2 aliphatic rings. The number of carbonyl (C=O) groups excluding carboxylic acids is 1. The van der Waals surface area contributed by atoms with Crippen molar-refractivity contribution in [3.63, 3.8) is 0 Å². The summed E-state index contributed by atoms with van der Waals surface area (Å²) in [5.74, 6) is -0.204. The number of rotatable bonds is 6. The molecule has 5 rings (SSSR count). The molecule has 1 fully saturated rings. The highest BCUT2D eigenvalue weighted by Gasteiger charge is 2.32. The summed E-state index contributed by atoms with van der Waals surface area (Å²) in [6, 6.07) is 18.1. The normalized spacial score (nSPS) is 20.1. The maximum atomic E-state index is 13.0. The zero-order valence-electron chi connectivity index (χ0n) is 19.3. The first-order valence-corrected chi connectivity index (χ1v) is 13.5. The van der Waals surface area contributed by atoms with Crippen molar-refractivity contribution in [2.45, 2.75) is 43.5 Å². The molecule has 2 atom stereocenters. The van der Waals surface area contributed by atoms with Crippen molar-refractivity contribution in [2.75, 3.05) is 6.61 Å². The van der Waals surface area contributed by atoms with Crippen LogP contribution >= 0.6 is 0 Å². The summed E-state index contributed by atoms with van der Waals surface area (Å²) >= 11 is 0. The van der Waals surface area contributed by atoms with Crippen molar-refractivity contribution in [2.24, 2.45) is 5.92 Å². The number of hydrogen-bond donors (Lipinski definition) is 2. The molecule has 0 saturated heterocycles. The second-order valence-electron chi connectivity index (χ2n) is 9.22. The molecule has 2 N–H and O–H groups in total. The molecule has 1 aliphatic heterocycles. The molecule has 0 radical (unpaired) electrons. The summed E-state index contributed by atoms with van der Waals surface area (Å²) in [7, 11) is -3.72. The lowest BCUT2D eigenvalue weighted by Gasteiger charge is -2.30. The van der Waals surface area contributed by atoms with Gasteiger partial charge in [0.05, 0.1) is 18.0 Å². The second-order valence-corrected chi connectivity index (χ2v) is 11.2. The monoisotopic (exact) mass is 492 g/mol. The number of aliphatic hydroxyl groups is 1. The number of aliphatic hydroxyl groups excluding tert-OH is 1. The zero-order valence-corrected chi connectivity index (χ0v) is 20.1. The lowest BCUT2D eigenvalue weighted by molar-refractivity contribution is 0.0503. The van der Waals surface area contributed by atoms with Gasteiger partial charge in [0, 0.05) is 28.9 Å². The van der Waals surface area contributed by atoms with Crippen LogP contribution in [0.1, 0.15) is 53.4 Å². The molecule has 8 heteroatoms. The predicted octanol–water partition coefficient (Wildman–Crippen LogP) is 4.04. The molecule has 2 heterocycles.